The summed E-state index contributed by atoms with van der Waals surface area (Å²) >= 11 is 0. The summed E-state index contributed by atoms with van der Waals surface area (Å²) in [7, 11) is 0. The standard InChI is InChI=1S/C10H10O2/c1-2-8-3-5-9(6-4-8)10(12)7-11/h2-6,11H,1,7H2. The number of carbonyl (C=O) groups is 1. The van der Waals surface area contributed by atoms with Crippen LogP contribution in [0.4, 0.5) is 0 Å². The zero-order chi connectivity index (χ0) is 8.97. The number of carbonyl (C=O) groups excluding carboxylic acids is 1. The highest BCUT2D eigenvalue weighted by Crippen LogP contribution is 2.05. The third kappa shape index (κ3) is 1.80. The van der Waals surface area contributed by atoms with Gasteiger partial charge in [-0.15, -0.1) is 0 Å². The SMILES string of the molecule is C=Cc1ccc(C(=O)CO)cc1. The molecule has 1 aromatic carbocycles. The van der Waals surface area contributed by atoms with Crippen LogP contribution in [-0.2, 0) is 0 Å². The van der Waals surface area contributed by atoms with Gasteiger partial charge in [0.15, 0.2) is 5.78 Å². The van der Waals surface area contributed by atoms with E-state index in [0.29, 0.717) is 5.56 Å². The van der Waals surface area contributed by atoms with Gasteiger partial charge in [-0.25, -0.2) is 0 Å². The third-order valence-electron chi connectivity index (χ3n) is 1.61. The Labute approximate surface area is 71.2 Å². The van der Waals surface area contributed by atoms with E-state index in [1.54, 1.807) is 30.3 Å². The number of rotatable bonds is 3. The van der Waals surface area contributed by atoms with Crippen LogP contribution in [0, 0.1) is 0 Å². The van der Waals surface area contributed by atoms with Crippen molar-refractivity contribution in [1.29, 1.82) is 0 Å². The van der Waals surface area contributed by atoms with Gasteiger partial charge in [0.25, 0.3) is 0 Å². The average Bonchev–Trinajstić information content (AvgIpc) is 2.17. The van der Waals surface area contributed by atoms with Crippen LogP contribution in [0.5, 0.6) is 0 Å². The first-order chi connectivity index (χ1) is 5.77. The summed E-state index contributed by atoms with van der Waals surface area (Å²) in [6.45, 7) is 3.15. The molecule has 0 aliphatic heterocycles. The van der Waals surface area contributed by atoms with Gasteiger partial charge in [0.1, 0.15) is 6.61 Å². The van der Waals surface area contributed by atoms with E-state index in [-0.39, 0.29) is 5.78 Å². The average molecular weight is 162 g/mol. The number of aliphatic hydroxyl groups excluding tert-OH is 1. The number of aliphatic hydroxyl groups is 1. The van der Waals surface area contributed by atoms with Crippen molar-refractivity contribution in [3.8, 4) is 0 Å². The van der Waals surface area contributed by atoms with Crippen molar-refractivity contribution in [1.82, 2.24) is 0 Å². The first-order valence-electron chi connectivity index (χ1n) is 3.64. The summed E-state index contributed by atoms with van der Waals surface area (Å²) in [6.07, 6.45) is 1.70. The van der Waals surface area contributed by atoms with Crippen molar-refractivity contribution in [2.75, 3.05) is 6.61 Å². The molecule has 0 aliphatic carbocycles. The highest BCUT2D eigenvalue weighted by atomic mass is 16.3. The molecular formula is C10H10O2. The number of Topliss-reactive ketones (excluding diaryl/α,β-unsaturated/α-hetero) is 1. The van der Waals surface area contributed by atoms with Gasteiger partial charge in [-0.1, -0.05) is 36.9 Å². The van der Waals surface area contributed by atoms with Crippen molar-refractivity contribution in [3.05, 3.63) is 42.0 Å². The van der Waals surface area contributed by atoms with Crippen LogP contribution < -0.4 is 0 Å². The molecule has 62 valence electrons. The molecule has 1 rings (SSSR count). The largest absolute Gasteiger partial charge is 0.388 e. The number of ketones is 1. The first-order valence-corrected chi connectivity index (χ1v) is 3.64. The number of hydrogen-bond donors (Lipinski definition) is 1. The van der Waals surface area contributed by atoms with Gasteiger partial charge in [0.2, 0.25) is 0 Å². The van der Waals surface area contributed by atoms with E-state index in [0.717, 1.165) is 5.56 Å². The van der Waals surface area contributed by atoms with E-state index >= 15 is 0 Å². The van der Waals surface area contributed by atoms with Crippen molar-refractivity contribution in [2.45, 2.75) is 0 Å². The second-order valence-electron chi connectivity index (χ2n) is 2.41. The molecule has 0 spiro atoms. The maximum atomic E-state index is 10.9. The van der Waals surface area contributed by atoms with Gasteiger partial charge in [-0.3, -0.25) is 4.79 Å². The molecule has 0 saturated heterocycles. The monoisotopic (exact) mass is 162 g/mol. The summed E-state index contributed by atoms with van der Waals surface area (Å²) < 4.78 is 0. The van der Waals surface area contributed by atoms with Crippen LogP contribution in [0.2, 0.25) is 0 Å². The van der Waals surface area contributed by atoms with Crippen molar-refractivity contribution in [3.63, 3.8) is 0 Å². The first kappa shape index (κ1) is 8.68. The molecule has 0 saturated carbocycles. The second-order valence-corrected chi connectivity index (χ2v) is 2.41. The predicted molar refractivity (Wildman–Crippen MR) is 47.9 cm³/mol. The van der Waals surface area contributed by atoms with Crippen molar-refractivity contribution < 1.29 is 9.90 Å². The van der Waals surface area contributed by atoms with Gasteiger partial charge >= 0.3 is 0 Å². The van der Waals surface area contributed by atoms with Crippen LogP contribution in [-0.4, -0.2) is 17.5 Å². The van der Waals surface area contributed by atoms with Gasteiger partial charge in [-0.2, -0.15) is 0 Å². The Morgan fingerprint density at radius 1 is 1.42 bits per heavy atom. The Morgan fingerprint density at radius 2 is 2.00 bits per heavy atom. The molecule has 12 heavy (non-hydrogen) atoms. The Kier molecular flexibility index (Phi) is 2.77. The van der Waals surface area contributed by atoms with E-state index in [2.05, 4.69) is 6.58 Å². The van der Waals surface area contributed by atoms with E-state index in [4.69, 9.17) is 5.11 Å². The van der Waals surface area contributed by atoms with Crippen molar-refractivity contribution >= 4 is 11.9 Å². The molecule has 0 bridgehead atoms. The molecule has 0 aromatic heterocycles. The van der Waals surface area contributed by atoms with Crippen LogP contribution in [0.25, 0.3) is 6.08 Å². The molecule has 0 heterocycles. The summed E-state index contributed by atoms with van der Waals surface area (Å²) in [5.74, 6) is -0.259. The lowest BCUT2D eigenvalue weighted by Crippen LogP contribution is -2.03. The molecule has 0 aliphatic rings. The topological polar surface area (TPSA) is 37.3 Å². The molecule has 0 radical (unpaired) electrons. The van der Waals surface area contributed by atoms with Gasteiger partial charge < -0.3 is 5.11 Å². The zero-order valence-electron chi connectivity index (χ0n) is 6.66. The number of benzene rings is 1. The van der Waals surface area contributed by atoms with Crippen LogP contribution in [0.15, 0.2) is 30.8 Å². The summed E-state index contributed by atoms with van der Waals surface area (Å²) in [4.78, 5) is 10.9. The maximum Gasteiger partial charge on any atom is 0.188 e. The Bertz CT molecular complexity index is 285. The molecular weight excluding hydrogens is 152 g/mol. The lowest BCUT2D eigenvalue weighted by molar-refractivity contribution is 0.0904. The van der Waals surface area contributed by atoms with Crippen molar-refractivity contribution in [2.24, 2.45) is 0 Å². The summed E-state index contributed by atoms with van der Waals surface area (Å²) in [5.41, 5.74) is 1.49. The fraction of sp³-hybridized carbons (Fsp3) is 0.100. The lowest BCUT2D eigenvalue weighted by Gasteiger charge is -1.97. The Hall–Kier alpha value is -1.41. The quantitative estimate of drug-likeness (QED) is 0.684. The third-order valence-corrected chi connectivity index (χ3v) is 1.61. The predicted octanol–water partition coefficient (Wildman–Crippen LogP) is 1.50. The van der Waals surface area contributed by atoms with Crippen LogP contribution in [0.1, 0.15) is 15.9 Å². The fourth-order valence-electron chi connectivity index (χ4n) is 0.896. The Balaban J connectivity index is 2.91. The van der Waals surface area contributed by atoms with E-state index in [1.807, 2.05) is 0 Å². The summed E-state index contributed by atoms with van der Waals surface area (Å²) in [6, 6.07) is 6.93. The molecule has 1 aromatic rings. The minimum atomic E-state index is -0.437. The highest BCUT2D eigenvalue weighted by molar-refractivity contribution is 5.97. The molecule has 2 nitrogen and oxygen atoms in total. The molecule has 0 amide bonds. The van der Waals surface area contributed by atoms with Crippen LogP contribution >= 0.6 is 0 Å². The fourth-order valence-corrected chi connectivity index (χ4v) is 0.896. The minimum Gasteiger partial charge on any atom is -0.388 e. The van der Waals surface area contributed by atoms with Crippen LogP contribution in [0.3, 0.4) is 0 Å². The molecule has 0 atom stereocenters. The number of hydrogen-bond acceptors (Lipinski definition) is 2. The van der Waals surface area contributed by atoms with Gasteiger partial charge in [0.05, 0.1) is 0 Å². The van der Waals surface area contributed by atoms with Gasteiger partial charge in [-0.05, 0) is 5.56 Å². The van der Waals surface area contributed by atoms with E-state index in [1.165, 1.54) is 0 Å². The smallest absolute Gasteiger partial charge is 0.188 e. The molecule has 1 N–H and O–H groups in total. The maximum absolute atomic E-state index is 10.9. The second kappa shape index (κ2) is 3.83. The Morgan fingerprint density at radius 3 is 2.42 bits per heavy atom. The molecule has 0 unspecified atom stereocenters. The molecule has 2 heteroatoms. The molecule has 0 fully saturated rings. The van der Waals surface area contributed by atoms with E-state index in [9.17, 15) is 4.79 Å². The summed E-state index contributed by atoms with van der Waals surface area (Å²) in [5, 5.41) is 8.55. The van der Waals surface area contributed by atoms with E-state index < -0.39 is 6.61 Å². The normalized spacial score (nSPS) is 9.42. The highest BCUT2D eigenvalue weighted by Gasteiger charge is 2.01. The lowest BCUT2D eigenvalue weighted by atomic mass is 10.1. The minimum absolute atomic E-state index is 0.259. The van der Waals surface area contributed by atoms with Gasteiger partial charge in [0, 0.05) is 5.56 Å². The zero-order valence-corrected chi connectivity index (χ0v) is 6.66.